The van der Waals surface area contributed by atoms with Gasteiger partial charge in [0.15, 0.2) is 0 Å². The van der Waals surface area contributed by atoms with E-state index >= 15 is 0 Å². The molecule has 1 aromatic carbocycles. The quantitative estimate of drug-likeness (QED) is 0.835. The number of morpholine rings is 1. The molecule has 1 aromatic rings. The topological polar surface area (TPSA) is 93.7 Å². The third-order valence-corrected chi connectivity index (χ3v) is 4.73. The maximum Gasteiger partial charge on any atom is 0.276 e. The Morgan fingerprint density at radius 3 is 2.50 bits per heavy atom. The summed E-state index contributed by atoms with van der Waals surface area (Å²) in [5.41, 5.74) is 4.30. The van der Waals surface area contributed by atoms with Crippen LogP contribution in [-0.4, -0.2) is 43.5 Å². The lowest BCUT2D eigenvalue weighted by Crippen LogP contribution is -2.57. The first-order chi connectivity index (χ1) is 10.1. The molecule has 6 heteroatoms. The number of hydrogen-bond donors (Lipinski definition) is 2. The second-order valence-electron chi connectivity index (χ2n) is 6.48. The number of fused-ring (bicyclic) bond motifs is 1. The maximum atomic E-state index is 11.3. The number of aliphatic hydroxyl groups is 1. The SMILES string of the molecule is CC1(CCO)Cc2cc([NH+]=O)c(N3CCOCC3)cc2C1.[OH-]. The first kappa shape index (κ1) is 16.9. The maximum absolute atomic E-state index is 11.3. The predicted molar refractivity (Wildman–Crippen MR) is 82.6 cm³/mol. The average Bonchev–Trinajstić information content (AvgIpc) is 2.82. The van der Waals surface area contributed by atoms with Crippen molar-refractivity contribution < 1.29 is 20.5 Å². The first-order valence-electron chi connectivity index (χ1n) is 7.63. The molecule has 1 heterocycles. The van der Waals surface area contributed by atoms with E-state index in [1.165, 1.54) is 11.1 Å². The summed E-state index contributed by atoms with van der Waals surface area (Å²) in [6.45, 7) is 5.48. The van der Waals surface area contributed by atoms with Crippen LogP contribution in [0, 0.1) is 10.3 Å². The fourth-order valence-corrected chi connectivity index (χ4v) is 3.58. The third kappa shape index (κ3) is 3.14. The minimum atomic E-state index is 0. The molecular weight excluding hydrogens is 284 g/mol. The first-order valence-corrected chi connectivity index (χ1v) is 7.63. The number of nitrogens with zero attached hydrogens (tertiary/aromatic N) is 1. The summed E-state index contributed by atoms with van der Waals surface area (Å²) in [7, 11) is 0. The van der Waals surface area contributed by atoms with Crippen LogP contribution in [0.3, 0.4) is 0 Å². The van der Waals surface area contributed by atoms with Crippen LogP contribution in [0.4, 0.5) is 11.4 Å². The van der Waals surface area contributed by atoms with E-state index < -0.39 is 0 Å². The number of benzene rings is 1. The third-order valence-electron chi connectivity index (χ3n) is 4.73. The van der Waals surface area contributed by atoms with Crippen molar-refractivity contribution in [1.29, 1.82) is 0 Å². The summed E-state index contributed by atoms with van der Waals surface area (Å²) in [4.78, 5) is 13.5. The van der Waals surface area contributed by atoms with Gasteiger partial charge in [0.05, 0.1) is 13.2 Å². The molecule has 1 aliphatic carbocycles. The van der Waals surface area contributed by atoms with Crippen LogP contribution >= 0.6 is 0 Å². The van der Waals surface area contributed by atoms with E-state index in [1.807, 2.05) is 6.07 Å². The van der Waals surface area contributed by atoms with Crippen molar-refractivity contribution in [2.24, 2.45) is 5.41 Å². The zero-order valence-corrected chi connectivity index (χ0v) is 13.0. The smallest absolute Gasteiger partial charge is 0.276 e. The van der Waals surface area contributed by atoms with Gasteiger partial charge < -0.3 is 20.2 Å². The Balaban J connectivity index is 0.00000176. The molecular formula is C16H24N2O4. The fraction of sp³-hybridized carbons (Fsp3) is 0.625. The van der Waals surface area contributed by atoms with Gasteiger partial charge in [0.25, 0.3) is 5.69 Å². The van der Waals surface area contributed by atoms with Crippen LogP contribution in [0.1, 0.15) is 24.5 Å². The highest BCUT2D eigenvalue weighted by Crippen LogP contribution is 2.42. The molecule has 1 saturated heterocycles. The molecule has 0 aromatic heterocycles. The standard InChI is InChI=1S/C16H22N2O3.H2O/c1-16(2-5-19)10-12-8-14(17-20)15(9-13(12)11-16)18-3-6-21-7-4-18;/h8-9,19H,2-7,10-11H2,1H3;1H2. The van der Waals surface area contributed by atoms with E-state index in [4.69, 9.17) is 4.74 Å². The molecule has 0 bridgehead atoms. The molecule has 1 fully saturated rings. The van der Waals surface area contributed by atoms with Gasteiger partial charge in [-0.25, -0.2) is 0 Å². The highest BCUT2D eigenvalue weighted by atomic mass is 16.5. The van der Waals surface area contributed by atoms with E-state index in [-0.39, 0.29) is 17.5 Å². The van der Waals surface area contributed by atoms with Crippen LogP contribution in [0.25, 0.3) is 0 Å². The van der Waals surface area contributed by atoms with Crippen molar-refractivity contribution in [3.63, 3.8) is 0 Å². The minimum Gasteiger partial charge on any atom is -0.870 e. The Kier molecular flexibility index (Phi) is 5.16. The summed E-state index contributed by atoms with van der Waals surface area (Å²) in [6, 6.07) is 4.15. The number of ether oxygens (including phenoxy) is 1. The molecule has 6 nitrogen and oxygen atoms in total. The Hall–Kier alpha value is -1.50. The molecule has 0 saturated carbocycles. The number of nitrogens with one attached hydrogen (secondary N) is 1. The summed E-state index contributed by atoms with van der Waals surface area (Å²) >= 11 is 0. The lowest BCUT2D eigenvalue weighted by Gasteiger charge is -2.28. The average molecular weight is 308 g/mol. The normalized spacial score (nSPS) is 23.8. The van der Waals surface area contributed by atoms with Crippen molar-refractivity contribution in [2.75, 3.05) is 37.8 Å². The van der Waals surface area contributed by atoms with Crippen LogP contribution < -0.4 is 10.1 Å². The zero-order valence-electron chi connectivity index (χ0n) is 13.0. The van der Waals surface area contributed by atoms with Gasteiger partial charge in [0.1, 0.15) is 5.69 Å². The Bertz CT molecular complexity index is 543. The van der Waals surface area contributed by atoms with E-state index in [0.717, 1.165) is 38.0 Å². The Morgan fingerprint density at radius 1 is 1.27 bits per heavy atom. The van der Waals surface area contributed by atoms with Crippen LogP contribution in [0.5, 0.6) is 0 Å². The lowest BCUT2D eigenvalue weighted by atomic mass is 9.84. The lowest BCUT2D eigenvalue weighted by molar-refractivity contribution is -0.378. The molecule has 2 aliphatic rings. The van der Waals surface area contributed by atoms with Crippen LogP contribution in [0.2, 0.25) is 0 Å². The van der Waals surface area contributed by atoms with Gasteiger partial charge >= 0.3 is 0 Å². The number of aliphatic hydroxyl groups excluding tert-OH is 1. The summed E-state index contributed by atoms with van der Waals surface area (Å²) in [5.74, 6) is 0. The van der Waals surface area contributed by atoms with E-state index in [2.05, 4.69) is 23.1 Å². The Morgan fingerprint density at radius 2 is 1.91 bits per heavy atom. The molecule has 0 spiro atoms. The minimum absolute atomic E-state index is 0. The van der Waals surface area contributed by atoms with Gasteiger partial charge in [-0.1, -0.05) is 6.92 Å². The van der Waals surface area contributed by atoms with E-state index in [0.29, 0.717) is 18.9 Å². The van der Waals surface area contributed by atoms with Crippen molar-refractivity contribution in [1.82, 2.24) is 0 Å². The molecule has 3 rings (SSSR count). The van der Waals surface area contributed by atoms with Gasteiger partial charge in [-0.05, 0) is 41.9 Å². The molecule has 0 amide bonds. The number of rotatable bonds is 4. The molecule has 0 radical (unpaired) electrons. The Labute approximate surface area is 130 Å². The molecule has 1 aliphatic heterocycles. The van der Waals surface area contributed by atoms with Gasteiger partial charge in [-0.2, -0.15) is 0 Å². The van der Waals surface area contributed by atoms with E-state index in [1.54, 1.807) is 0 Å². The molecule has 1 atom stereocenters. The second kappa shape index (κ2) is 6.73. The summed E-state index contributed by atoms with van der Waals surface area (Å²) in [5, 5.41) is 11.3. The van der Waals surface area contributed by atoms with Gasteiger partial charge in [-0.3, -0.25) is 0 Å². The molecule has 122 valence electrons. The highest BCUT2D eigenvalue weighted by molar-refractivity contribution is 5.66. The number of hydrogen-bond acceptors (Lipinski definition) is 5. The largest absolute Gasteiger partial charge is 0.870 e. The fourth-order valence-electron chi connectivity index (χ4n) is 3.58. The summed E-state index contributed by atoms with van der Waals surface area (Å²) in [6.07, 6.45) is 2.70. The van der Waals surface area contributed by atoms with Crippen molar-refractivity contribution in [3.8, 4) is 0 Å². The van der Waals surface area contributed by atoms with Gasteiger partial charge in [-0.15, -0.1) is 0 Å². The van der Waals surface area contributed by atoms with Crippen molar-refractivity contribution in [3.05, 3.63) is 28.2 Å². The molecule has 22 heavy (non-hydrogen) atoms. The van der Waals surface area contributed by atoms with Gasteiger partial charge in [0.2, 0.25) is 0 Å². The second-order valence-corrected chi connectivity index (χ2v) is 6.48. The van der Waals surface area contributed by atoms with Crippen molar-refractivity contribution in [2.45, 2.75) is 26.2 Å². The van der Waals surface area contributed by atoms with E-state index in [9.17, 15) is 10.0 Å². The zero-order chi connectivity index (χ0) is 14.9. The number of nitroso groups, excluding NO2 is 1. The molecule has 1 unspecified atom stereocenters. The van der Waals surface area contributed by atoms with Gasteiger partial charge in [0, 0.05) is 35.8 Å². The molecule has 3 N–H and O–H groups in total. The van der Waals surface area contributed by atoms with Crippen molar-refractivity contribution >= 4 is 11.4 Å². The van der Waals surface area contributed by atoms with Crippen LogP contribution in [0.15, 0.2) is 12.1 Å². The summed E-state index contributed by atoms with van der Waals surface area (Å²) < 4.78 is 5.38. The van der Waals surface area contributed by atoms with Crippen LogP contribution in [-0.2, 0) is 17.6 Å². The predicted octanol–water partition coefficient (Wildman–Crippen LogP) is 0.312. The number of anilines is 1. The highest BCUT2D eigenvalue weighted by Gasteiger charge is 2.34. The monoisotopic (exact) mass is 308 g/mol.